The Morgan fingerprint density at radius 2 is 2.12 bits per heavy atom. The number of nitrogens with zero attached hydrogens (tertiary/aromatic N) is 2. The van der Waals surface area contributed by atoms with E-state index in [0.717, 1.165) is 30.0 Å². The van der Waals surface area contributed by atoms with Gasteiger partial charge in [0.05, 0.1) is 43.8 Å². The quantitative estimate of drug-likeness (QED) is 0.577. The summed E-state index contributed by atoms with van der Waals surface area (Å²) in [5.74, 6) is 0.801. The van der Waals surface area contributed by atoms with Crippen LogP contribution < -0.4 is 9.88 Å². The molecule has 1 fully saturated rings. The summed E-state index contributed by atoms with van der Waals surface area (Å²) in [5, 5.41) is 10.5. The van der Waals surface area contributed by atoms with E-state index in [1.165, 1.54) is 18.9 Å². The predicted molar refractivity (Wildman–Crippen MR) is 96.1 cm³/mol. The minimum Gasteiger partial charge on any atom is -0.468 e. The lowest BCUT2D eigenvalue weighted by molar-refractivity contribution is -0.415. The van der Waals surface area contributed by atoms with Crippen molar-refractivity contribution in [3.05, 3.63) is 16.7 Å². The van der Waals surface area contributed by atoms with Gasteiger partial charge in [-0.05, 0) is 19.4 Å². The number of H-pyrrole nitrogens is 1. The molecule has 0 aliphatic carbocycles. The Bertz CT molecular complexity index is 739. The lowest BCUT2D eigenvalue weighted by Gasteiger charge is -2.34. The number of carbonyl (C=O) groups excluding carboxylic acids is 1. The molecular formula is C18H24N3O4S+. The van der Waals surface area contributed by atoms with Crippen LogP contribution in [0.2, 0.25) is 0 Å². The molecule has 0 saturated carbocycles. The number of pyridine rings is 1. The van der Waals surface area contributed by atoms with Gasteiger partial charge in [0.1, 0.15) is 24.7 Å². The minimum absolute atomic E-state index is 0.156. The lowest BCUT2D eigenvalue weighted by Crippen LogP contribution is -2.43. The van der Waals surface area contributed by atoms with E-state index >= 15 is 0 Å². The first kappa shape index (κ1) is 19.0. The molecule has 8 heteroatoms. The van der Waals surface area contributed by atoms with Gasteiger partial charge in [-0.25, -0.2) is 4.98 Å². The van der Waals surface area contributed by atoms with Crippen LogP contribution in [0.3, 0.4) is 0 Å². The Kier molecular flexibility index (Phi) is 5.70. The average Bonchev–Trinajstić information content (AvgIpc) is 2.64. The molecule has 3 heterocycles. The predicted octanol–water partition coefficient (Wildman–Crippen LogP) is 1.33. The second-order valence-electron chi connectivity index (χ2n) is 6.94. The number of ether oxygens (including phenoxy) is 3. The molecular weight excluding hydrogens is 354 g/mol. The van der Waals surface area contributed by atoms with Crippen molar-refractivity contribution in [3.8, 4) is 6.07 Å². The van der Waals surface area contributed by atoms with Gasteiger partial charge in [-0.2, -0.15) is 5.26 Å². The van der Waals surface area contributed by atoms with Crippen molar-refractivity contribution in [2.45, 2.75) is 37.5 Å². The highest BCUT2D eigenvalue weighted by molar-refractivity contribution is 7.99. The van der Waals surface area contributed by atoms with E-state index in [0.29, 0.717) is 36.8 Å². The van der Waals surface area contributed by atoms with E-state index in [-0.39, 0.29) is 17.3 Å². The zero-order valence-corrected chi connectivity index (χ0v) is 16.2. The van der Waals surface area contributed by atoms with Gasteiger partial charge in [-0.15, -0.1) is 0 Å². The molecule has 0 radical (unpaired) electrons. The van der Waals surface area contributed by atoms with Crippen LogP contribution in [0, 0.1) is 11.3 Å². The number of carbonyl (C=O) groups is 1. The molecule has 2 aliphatic heterocycles. The van der Waals surface area contributed by atoms with Gasteiger partial charge in [0, 0.05) is 6.42 Å². The number of nitrogens with one attached hydrogen (secondary N) is 1. The third-order valence-electron chi connectivity index (χ3n) is 4.62. The number of methoxy groups -OCH3 is 1. The number of rotatable bonds is 4. The summed E-state index contributed by atoms with van der Waals surface area (Å²) in [6, 6.07) is 2.33. The van der Waals surface area contributed by atoms with Crippen molar-refractivity contribution in [2.75, 3.05) is 44.1 Å². The van der Waals surface area contributed by atoms with E-state index in [2.05, 4.69) is 16.0 Å². The van der Waals surface area contributed by atoms with Crippen LogP contribution in [0.5, 0.6) is 0 Å². The number of aromatic nitrogens is 1. The van der Waals surface area contributed by atoms with E-state index < -0.39 is 0 Å². The topological polar surface area (TPSA) is 85.9 Å². The van der Waals surface area contributed by atoms with Crippen molar-refractivity contribution in [2.24, 2.45) is 0 Å². The highest BCUT2D eigenvalue weighted by Gasteiger charge is 2.36. The Morgan fingerprint density at radius 3 is 2.77 bits per heavy atom. The Hall–Kier alpha value is -1.82. The molecule has 1 saturated heterocycles. The molecule has 0 unspecified atom stereocenters. The summed E-state index contributed by atoms with van der Waals surface area (Å²) >= 11 is 1.30. The molecule has 26 heavy (non-hydrogen) atoms. The number of morpholine rings is 1. The fraction of sp³-hybridized carbons (Fsp3) is 0.611. The van der Waals surface area contributed by atoms with Crippen LogP contribution in [0.1, 0.15) is 30.5 Å². The molecule has 2 aliphatic rings. The molecule has 0 spiro atoms. The zero-order valence-electron chi connectivity index (χ0n) is 15.4. The summed E-state index contributed by atoms with van der Waals surface area (Å²) in [4.78, 5) is 17.2. The summed E-state index contributed by atoms with van der Waals surface area (Å²) in [6.45, 7) is 7.41. The Morgan fingerprint density at radius 1 is 1.38 bits per heavy atom. The van der Waals surface area contributed by atoms with Crippen LogP contribution in [0.15, 0.2) is 5.03 Å². The monoisotopic (exact) mass is 378 g/mol. The van der Waals surface area contributed by atoms with Crippen molar-refractivity contribution in [3.63, 3.8) is 0 Å². The number of aromatic amines is 1. The van der Waals surface area contributed by atoms with Crippen LogP contribution in [0.4, 0.5) is 5.82 Å². The standard InChI is InChI=1S/C18H23N3O4S/c1-18(2)8-12-13(9-19)17(26-11-15(22)23-3)20-16(14(12)10-25-18)21-4-6-24-7-5-21/h4-8,10-11H2,1-3H3/p+1. The molecule has 1 aromatic heterocycles. The third kappa shape index (κ3) is 3.95. The zero-order chi connectivity index (χ0) is 18.7. The van der Waals surface area contributed by atoms with E-state index in [4.69, 9.17) is 14.2 Å². The van der Waals surface area contributed by atoms with Crippen LogP contribution in [-0.2, 0) is 32.0 Å². The second-order valence-corrected chi connectivity index (χ2v) is 7.92. The summed E-state index contributed by atoms with van der Waals surface area (Å²) in [5.41, 5.74) is 2.32. The first-order valence-corrected chi connectivity index (χ1v) is 9.61. The largest absolute Gasteiger partial charge is 0.468 e. The van der Waals surface area contributed by atoms with Crippen LogP contribution >= 0.6 is 11.8 Å². The fourth-order valence-electron chi connectivity index (χ4n) is 3.24. The minimum atomic E-state index is -0.327. The van der Waals surface area contributed by atoms with Gasteiger partial charge in [0.15, 0.2) is 5.03 Å². The molecule has 0 amide bonds. The van der Waals surface area contributed by atoms with Gasteiger partial charge in [-0.1, -0.05) is 11.8 Å². The number of hydrogen-bond acceptors (Lipinski definition) is 7. The molecule has 3 rings (SSSR count). The first-order valence-electron chi connectivity index (χ1n) is 8.62. The summed E-state index contributed by atoms with van der Waals surface area (Å²) in [6.07, 6.45) is 0.656. The Labute approximate surface area is 157 Å². The number of esters is 1. The van der Waals surface area contributed by atoms with Crippen molar-refractivity contribution < 1.29 is 24.0 Å². The highest BCUT2D eigenvalue weighted by Crippen LogP contribution is 2.36. The molecule has 0 aromatic carbocycles. The maximum atomic E-state index is 11.6. The van der Waals surface area contributed by atoms with E-state index in [1.807, 2.05) is 13.8 Å². The highest BCUT2D eigenvalue weighted by atomic mass is 32.2. The van der Waals surface area contributed by atoms with Gasteiger partial charge < -0.3 is 14.2 Å². The summed E-state index contributed by atoms with van der Waals surface area (Å²) < 4.78 is 16.2. The normalized spacial score (nSPS) is 18.8. The van der Waals surface area contributed by atoms with Crippen molar-refractivity contribution in [1.82, 2.24) is 0 Å². The molecule has 0 bridgehead atoms. The molecule has 1 N–H and O–H groups in total. The van der Waals surface area contributed by atoms with Gasteiger partial charge in [0.25, 0.3) is 5.82 Å². The lowest BCUT2D eigenvalue weighted by atomic mass is 9.89. The summed E-state index contributed by atoms with van der Waals surface area (Å²) in [7, 11) is 1.36. The maximum Gasteiger partial charge on any atom is 0.316 e. The number of nitriles is 1. The van der Waals surface area contributed by atoms with E-state index in [1.54, 1.807) is 0 Å². The van der Waals surface area contributed by atoms with Crippen LogP contribution in [0.25, 0.3) is 0 Å². The SMILES string of the molecule is COC(=O)CSc1[nH+]c(N2CCOCC2)c2c(c1C#N)CC(C)(C)OC2. The maximum absolute atomic E-state index is 11.6. The number of hydrogen-bond donors (Lipinski definition) is 0. The average molecular weight is 378 g/mol. The van der Waals surface area contributed by atoms with Gasteiger partial charge in [-0.3, -0.25) is 9.69 Å². The molecule has 1 aromatic rings. The molecule has 0 atom stereocenters. The number of fused-ring (bicyclic) bond motifs is 1. The van der Waals surface area contributed by atoms with Gasteiger partial charge in [0.2, 0.25) is 0 Å². The molecule has 140 valence electrons. The smallest absolute Gasteiger partial charge is 0.316 e. The molecule has 7 nitrogen and oxygen atoms in total. The number of anilines is 1. The van der Waals surface area contributed by atoms with E-state index in [9.17, 15) is 10.1 Å². The Balaban J connectivity index is 2.06. The third-order valence-corrected chi connectivity index (χ3v) is 5.60. The van der Waals surface area contributed by atoms with Crippen LogP contribution in [-0.4, -0.2) is 50.7 Å². The fourth-order valence-corrected chi connectivity index (χ4v) is 4.11. The number of thioether (sulfide) groups is 1. The van der Waals surface area contributed by atoms with Crippen molar-refractivity contribution >= 4 is 23.5 Å². The first-order chi connectivity index (χ1) is 12.4. The van der Waals surface area contributed by atoms with Crippen molar-refractivity contribution in [1.29, 1.82) is 5.26 Å². The second kappa shape index (κ2) is 7.82. The van der Waals surface area contributed by atoms with Gasteiger partial charge >= 0.3 is 5.97 Å².